The number of nitrogen functional groups attached to an aromatic ring is 1. The number of rotatable bonds is 2. The van der Waals surface area contributed by atoms with Gasteiger partial charge in [0.1, 0.15) is 6.33 Å². The molecule has 0 aliphatic carbocycles. The van der Waals surface area contributed by atoms with Crippen LogP contribution >= 0.6 is 11.6 Å². The van der Waals surface area contributed by atoms with Crippen molar-refractivity contribution in [3.63, 3.8) is 0 Å². The second-order valence-corrected chi connectivity index (χ2v) is 4.37. The Morgan fingerprint density at radius 3 is 2.89 bits per heavy atom. The zero-order chi connectivity index (χ0) is 13.2. The molecule has 0 bridgehead atoms. The Bertz CT molecular complexity index is 722. The molecule has 2 heterocycles. The Morgan fingerprint density at radius 1 is 1.21 bits per heavy atom. The largest absolute Gasteiger partial charge is 0.399 e. The van der Waals surface area contributed by atoms with Crippen molar-refractivity contribution in [1.82, 2.24) is 19.7 Å². The minimum absolute atomic E-state index is 0.520. The highest BCUT2D eigenvalue weighted by atomic mass is 35.5. The zero-order valence-corrected chi connectivity index (χ0v) is 10.6. The molecule has 6 heteroatoms. The Kier molecular flexibility index (Phi) is 2.89. The first-order valence-corrected chi connectivity index (χ1v) is 5.99. The summed E-state index contributed by atoms with van der Waals surface area (Å²) in [5.74, 6) is 0.597. The summed E-state index contributed by atoms with van der Waals surface area (Å²) in [6.07, 6.45) is 4.83. The minimum Gasteiger partial charge on any atom is -0.399 e. The summed E-state index contributed by atoms with van der Waals surface area (Å²) < 4.78 is 1.61. The molecule has 0 amide bonds. The second-order valence-electron chi connectivity index (χ2n) is 3.97. The number of nitrogens with two attached hydrogens (primary N) is 1. The molecule has 0 atom stereocenters. The molecule has 0 radical (unpaired) electrons. The highest BCUT2D eigenvalue weighted by molar-refractivity contribution is 6.32. The van der Waals surface area contributed by atoms with Crippen molar-refractivity contribution < 1.29 is 0 Å². The molecule has 0 saturated carbocycles. The molecular weight excluding hydrogens is 262 g/mol. The molecule has 0 aliphatic rings. The number of aromatic nitrogens is 4. The molecule has 94 valence electrons. The molecule has 0 aliphatic heterocycles. The van der Waals surface area contributed by atoms with Crippen molar-refractivity contribution in [3.8, 4) is 17.1 Å². The number of anilines is 1. The molecule has 19 heavy (non-hydrogen) atoms. The van der Waals surface area contributed by atoms with E-state index in [1.807, 2.05) is 24.3 Å². The van der Waals surface area contributed by atoms with Gasteiger partial charge in [0.25, 0.3) is 0 Å². The van der Waals surface area contributed by atoms with Gasteiger partial charge in [0.2, 0.25) is 0 Å². The molecule has 3 aromatic rings. The molecule has 0 spiro atoms. The molecule has 0 unspecified atom stereocenters. The van der Waals surface area contributed by atoms with E-state index >= 15 is 0 Å². The third-order valence-corrected chi connectivity index (χ3v) is 2.93. The Morgan fingerprint density at radius 2 is 2.11 bits per heavy atom. The van der Waals surface area contributed by atoms with Gasteiger partial charge in [-0.15, -0.1) is 5.10 Å². The summed E-state index contributed by atoms with van der Waals surface area (Å²) in [4.78, 5) is 8.20. The predicted octanol–water partition coefficient (Wildman–Crippen LogP) is 2.56. The molecule has 0 saturated heterocycles. The maximum atomic E-state index is 6.07. The van der Waals surface area contributed by atoms with Gasteiger partial charge in [-0.3, -0.25) is 4.98 Å². The van der Waals surface area contributed by atoms with E-state index in [2.05, 4.69) is 15.1 Å². The topological polar surface area (TPSA) is 69.6 Å². The van der Waals surface area contributed by atoms with E-state index in [1.165, 1.54) is 0 Å². The second kappa shape index (κ2) is 4.70. The van der Waals surface area contributed by atoms with Crippen LogP contribution in [-0.2, 0) is 0 Å². The van der Waals surface area contributed by atoms with Crippen LogP contribution in [0.4, 0.5) is 5.69 Å². The first kappa shape index (κ1) is 11.7. The van der Waals surface area contributed by atoms with Crippen molar-refractivity contribution in [2.45, 2.75) is 0 Å². The van der Waals surface area contributed by atoms with Gasteiger partial charge in [-0.25, -0.2) is 9.67 Å². The van der Waals surface area contributed by atoms with Crippen molar-refractivity contribution >= 4 is 17.3 Å². The van der Waals surface area contributed by atoms with Crippen LogP contribution in [0.25, 0.3) is 17.1 Å². The summed E-state index contributed by atoms with van der Waals surface area (Å²) in [5, 5.41) is 4.91. The van der Waals surface area contributed by atoms with E-state index in [9.17, 15) is 0 Å². The zero-order valence-electron chi connectivity index (χ0n) is 9.86. The lowest BCUT2D eigenvalue weighted by molar-refractivity contribution is 0.879. The maximum Gasteiger partial charge on any atom is 0.181 e. The molecule has 3 rings (SSSR count). The SMILES string of the molecule is Nc1cccc(-c2ncn(-c3ccncc3Cl)n2)c1. The fourth-order valence-electron chi connectivity index (χ4n) is 1.74. The van der Waals surface area contributed by atoms with Gasteiger partial charge in [0.05, 0.1) is 10.7 Å². The van der Waals surface area contributed by atoms with Crippen molar-refractivity contribution in [2.24, 2.45) is 0 Å². The monoisotopic (exact) mass is 271 g/mol. The highest BCUT2D eigenvalue weighted by Gasteiger charge is 2.08. The fourth-order valence-corrected chi connectivity index (χ4v) is 1.95. The van der Waals surface area contributed by atoms with Crippen LogP contribution in [0.2, 0.25) is 5.02 Å². The summed E-state index contributed by atoms with van der Waals surface area (Å²) in [7, 11) is 0. The lowest BCUT2D eigenvalue weighted by Crippen LogP contribution is -1.96. The molecule has 5 nitrogen and oxygen atoms in total. The van der Waals surface area contributed by atoms with E-state index in [1.54, 1.807) is 29.5 Å². The van der Waals surface area contributed by atoms with E-state index in [0.29, 0.717) is 16.5 Å². The van der Waals surface area contributed by atoms with Crippen LogP contribution in [0.15, 0.2) is 49.1 Å². The van der Waals surface area contributed by atoms with Crippen LogP contribution in [0.5, 0.6) is 0 Å². The van der Waals surface area contributed by atoms with Gasteiger partial charge in [-0.1, -0.05) is 23.7 Å². The van der Waals surface area contributed by atoms with Crippen molar-refractivity contribution in [1.29, 1.82) is 0 Å². The van der Waals surface area contributed by atoms with Crippen LogP contribution in [0.3, 0.4) is 0 Å². The molecule has 2 N–H and O–H groups in total. The number of hydrogen-bond donors (Lipinski definition) is 1. The molecule has 1 aromatic carbocycles. The van der Waals surface area contributed by atoms with Crippen molar-refractivity contribution in [2.75, 3.05) is 5.73 Å². The van der Waals surface area contributed by atoms with Gasteiger partial charge in [0.15, 0.2) is 5.82 Å². The highest BCUT2D eigenvalue weighted by Crippen LogP contribution is 2.21. The van der Waals surface area contributed by atoms with Gasteiger partial charge >= 0.3 is 0 Å². The van der Waals surface area contributed by atoms with Crippen molar-refractivity contribution in [3.05, 3.63) is 54.1 Å². The Balaban J connectivity index is 2.03. The maximum absolute atomic E-state index is 6.07. The van der Waals surface area contributed by atoms with E-state index in [-0.39, 0.29) is 0 Å². The van der Waals surface area contributed by atoms with Gasteiger partial charge < -0.3 is 5.73 Å². The Hall–Kier alpha value is -2.40. The predicted molar refractivity (Wildman–Crippen MR) is 74.0 cm³/mol. The molecular formula is C13H10ClN5. The summed E-state index contributed by atoms with van der Waals surface area (Å²) in [5.41, 5.74) is 8.02. The number of nitrogens with zero attached hydrogens (tertiary/aromatic N) is 4. The minimum atomic E-state index is 0.520. The smallest absolute Gasteiger partial charge is 0.181 e. The summed E-state index contributed by atoms with van der Waals surface area (Å²) in [6, 6.07) is 9.20. The number of pyridine rings is 1. The van der Waals surface area contributed by atoms with E-state index < -0.39 is 0 Å². The van der Waals surface area contributed by atoms with E-state index in [0.717, 1.165) is 11.3 Å². The molecule has 0 fully saturated rings. The van der Waals surface area contributed by atoms with Crippen LogP contribution in [-0.4, -0.2) is 19.7 Å². The summed E-state index contributed by atoms with van der Waals surface area (Å²) in [6.45, 7) is 0. The first-order chi connectivity index (χ1) is 9.24. The summed E-state index contributed by atoms with van der Waals surface area (Å²) >= 11 is 6.07. The standard InChI is InChI=1S/C13H10ClN5/c14-11-7-16-5-4-12(11)19-8-17-13(18-19)9-2-1-3-10(15)6-9/h1-8H,15H2. The first-order valence-electron chi connectivity index (χ1n) is 5.61. The van der Waals surface area contributed by atoms with Gasteiger partial charge in [0, 0.05) is 23.6 Å². The third-order valence-electron chi connectivity index (χ3n) is 2.63. The Labute approximate surface area is 114 Å². The van der Waals surface area contributed by atoms with E-state index in [4.69, 9.17) is 17.3 Å². The number of hydrogen-bond acceptors (Lipinski definition) is 4. The number of halogens is 1. The average Bonchev–Trinajstić information content (AvgIpc) is 2.89. The lowest BCUT2D eigenvalue weighted by atomic mass is 10.2. The van der Waals surface area contributed by atoms with Gasteiger partial charge in [-0.2, -0.15) is 0 Å². The lowest BCUT2D eigenvalue weighted by Gasteiger charge is -2.01. The normalized spacial score (nSPS) is 10.6. The quantitative estimate of drug-likeness (QED) is 0.727. The average molecular weight is 272 g/mol. The van der Waals surface area contributed by atoms with Crippen LogP contribution in [0, 0.1) is 0 Å². The van der Waals surface area contributed by atoms with Crippen LogP contribution in [0.1, 0.15) is 0 Å². The molecule has 2 aromatic heterocycles. The fraction of sp³-hybridized carbons (Fsp3) is 0. The third kappa shape index (κ3) is 2.28. The number of benzene rings is 1. The van der Waals surface area contributed by atoms with Gasteiger partial charge in [-0.05, 0) is 18.2 Å². The van der Waals surface area contributed by atoms with Crippen LogP contribution < -0.4 is 5.73 Å².